The third-order valence-corrected chi connectivity index (χ3v) is 15.9. The molecule has 21 fully saturated rings. The predicted molar refractivity (Wildman–Crippen MR) is 254 cm³/mol. The van der Waals surface area contributed by atoms with Gasteiger partial charge in [0.1, 0.15) is 171 Å². The van der Waals surface area contributed by atoms with Crippen LogP contribution in [0.4, 0.5) is 0 Å². The van der Waals surface area contributed by atoms with E-state index in [4.69, 9.17) is 66.3 Å². The third-order valence-electron chi connectivity index (χ3n) is 15.9. The molecule has 21 heterocycles. The van der Waals surface area contributed by atoms with Crippen LogP contribution in [-0.4, -0.2) is 370 Å². The molecule has 0 aliphatic carbocycles. The molecule has 35 atom stereocenters. The van der Waals surface area contributed by atoms with Gasteiger partial charge in [0.25, 0.3) is 0 Å². The average molecular weight is 1200 g/mol. The van der Waals surface area contributed by atoms with E-state index < -0.39 is 255 Å². The lowest BCUT2D eigenvalue weighted by Crippen LogP contribution is -2.68. The number of unbranched alkanes of at least 4 members (excludes halogenated alkanes) is 2. The molecule has 21 aliphatic rings. The molecule has 0 aromatic carbocycles. The number of nitrogens with one attached hydrogen (secondary N) is 1. The van der Waals surface area contributed by atoms with E-state index in [1.807, 2.05) is 6.92 Å². The number of hydrogen-bond acceptors (Lipinski definition) is 35. The highest BCUT2D eigenvalue weighted by Crippen LogP contribution is 2.39. The molecule has 0 unspecified atom stereocenters. The van der Waals surface area contributed by atoms with Crippen molar-refractivity contribution in [3.8, 4) is 0 Å². The lowest BCUT2D eigenvalue weighted by molar-refractivity contribution is -0.396. The van der Waals surface area contributed by atoms with Crippen LogP contribution >= 0.6 is 0 Å². The smallest absolute Gasteiger partial charge is 0.187 e. The van der Waals surface area contributed by atoms with Crippen molar-refractivity contribution in [2.24, 2.45) is 0 Å². The van der Waals surface area contributed by atoms with Crippen LogP contribution in [0.3, 0.4) is 0 Å². The van der Waals surface area contributed by atoms with E-state index in [9.17, 15) is 102 Å². The average Bonchev–Trinajstić information content (AvgIpc) is 2.82. The molecule has 21 rings (SSSR count). The number of hydrogen-bond donors (Lipinski definition) is 21. The molecule has 0 saturated carbocycles. The summed E-state index contributed by atoms with van der Waals surface area (Å²) in [5.74, 6) is 0. The highest BCUT2D eigenvalue weighted by molar-refractivity contribution is 5.02. The minimum Gasteiger partial charge on any atom is -0.394 e. The van der Waals surface area contributed by atoms with Gasteiger partial charge in [-0.25, -0.2) is 0 Å². The molecule has 0 radical (unpaired) electrons. The summed E-state index contributed by atoms with van der Waals surface area (Å²) in [5, 5.41) is 226. The van der Waals surface area contributed by atoms with Gasteiger partial charge in [-0.05, 0) is 13.0 Å². The Balaban J connectivity index is 1.09. The van der Waals surface area contributed by atoms with Crippen molar-refractivity contribution in [3.63, 3.8) is 0 Å². The topological polar surface area (TPSA) is 546 Å². The number of ether oxygens (including phenoxy) is 14. The second kappa shape index (κ2) is 29.3. The fourth-order valence-electron chi connectivity index (χ4n) is 11.2. The van der Waals surface area contributed by atoms with Crippen LogP contribution in [0, 0.1) is 0 Å². The van der Waals surface area contributed by atoms with Crippen molar-refractivity contribution in [3.05, 3.63) is 0 Å². The summed E-state index contributed by atoms with van der Waals surface area (Å²) in [7, 11) is 0. The van der Waals surface area contributed by atoms with E-state index in [1.165, 1.54) is 0 Å². The summed E-state index contributed by atoms with van der Waals surface area (Å²) in [5.41, 5.74) is 0. The molecule has 0 aromatic rings. The highest BCUT2D eigenvalue weighted by atomic mass is 16.8. The molecule has 35 nitrogen and oxygen atoms in total. The zero-order valence-electron chi connectivity index (χ0n) is 44.1. The number of aliphatic hydroxyl groups excluding tert-OH is 20. The zero-order chi connectivity index (χ0) is 59.6. The monoisotopic (exact) mass is 1200 g/mol. The lowest BCUT2D eigenvalue weighted by Gasteiger charge is -2.50. The fourth-order valence-corrected chi connectivity index (χ4v) is 11.2. The standard InChI is InChI=1S/C47H81NO34/c1-2-3-4-5-48-6-13-34-20(55)27(62)41(69-13)77-35-14(7-49)71-43(29(64)22(35)57)79-37-16(9-51)73-45(31(66)24(37)59)81-39-18(11-53)75-47(33(68)26(39)61)82-40-19(12-54)74-46(32(67)25(40)60)80-38-17(10-52)72-44(30(65)23(38)58)78-36-15(8-50)70-42(76-34)28(63)21(36)56/h13-68H,2-12H2,1H3/t13-,14-,15-,16-,17-,18-,19-,20-,21-,22-,23-,24-,25-,26-,27-,28-,29-,30-,31-,32-,33-,34-,35-,36-,37-,38-,39-,40-,41-,42-,43-,44-,45-,46-,47-/m1/s1. The van der Waals surface area contributed by atoms with Crippen molar-refractivity contribution in [1.29, 1.82) is 0 Å². The largest absolute Gasteiger partial charge is 0.394 e. The Morgan fingerprint density at radius 3 is 0.610 bits per heavy atom. The van der Waals surface area contributed by atoms with Crippen molar-refractivity contribution in [2.75, 3.05) is 52.7 Å². The number of aliphatic hydroxyl groups is 20. The summed E-state index contributed by atoms with van der Waals surface area (Å²) in [6, 6.07) is 0. The summed E-state index contributed by atoms with van der Waals surface area (Å²) >= 11 is 0. The van der Waals surface area contributed by atoms with Gasteiger partial charge in [-0.2, -0.15) is 0 Å². The van der Waals surface area contributed by atoms with Gasteiger partial charge in [0, 0.05) is 6.54 Å². The molecule has 0 spiro atoms. The molecular formula is C47H81NO34. The molecule has 0 amide bonds. The lowest BCUT2D eigenvalue weighted by atomic mass is 9.95. The summed E-state index contributed by atoms with van der Waals surface area (Å²) in [6.45, 7) is -3.98. The SMILES string of the molecule is CCCCCNC[C@H]1O[C@@H]2O[C@H]3[C@H](O)[C@@H](O)[C@@H](O[C@H]4[C@H](O)[C@@H](O)[C@@H](O[C@H]5[C@H](O)[C@@H](O)[C@@H](O[C@H]6[C@H](O)[C@@H](O)[C@@H](O[C@H]7[C@H](O)[C@@H](O)[C@@H](O[C@H]8[C@H](O)[C@@H](O)[C@@H](O[C@H]1[C@H](O)[C@H]2O)O[C@@H]8CO)O[C@@H]7CO)O[C@@H]6CO)O[C@@H]5CO)O[C@@H]4CO)O[C@@H]3CO. The Morgan fingerprint density at radius 1 is 0.244 bits per heavy atom. The first-order valence-electron chi connectivity index (χ1n) is 27.2. The fraction of sp³-hybridized carbons (Fsp3) is 1.00. The van der Waals surface area contributed by atoms with Gasteiger partial charge in [0.15, 0.2) is 44.0 Å². The van der Waals surface area contributed by atoms with E-state index in [2.05, 4.69) is 5.32 Å². The quantitative estimate of drug-likeness (QED) is 0.0807. The van der Waals surface area contributed by atoms with Crippen LogP contribution in [-0.2, 0) is 66.3 Å². The van der Waals surface area contributed by atoms with Gasteiger partial charge >= 0.3 is 0 Å². The maximum Gasteiger partial charge on any atom is 0.187 e. The maximum atomic E-state index is 11.7. The normalized spacial score (nSPS) is 52.7. The van der Waals surface area contributed by atoms with Crippen LogP contribution in [0.15, 0.2) is 0 Å². The Hall–Kier alpha value is -1.40. The van der Waals surface area contributed by atoms with Crippen molar-refractivity contribution < 1.29 is 168 Å². The molecule has 35 heteroatoms. The second-order valence-corrected chi connectivity index (χ2v) is 21.4. The van der Waals surface area contributed by atoms with Gasteiger partial charge in [-0.3, -0.25) is 0 Å². The minimum absolute atomic E-state index is 0.182. The van der Waals surface area contributed by atoms with Gasteiger partial charge in [-0.15, -0.1) is 0 Å². The minimum atomic E-state index is -2.20. The van der Waals surface area contributed by atoms with Crippen LogP contribution in [0.5, 0.6) is 0 Å². The third kappa shape index (κ3) is 13.7. The van der Waals surface area contributed by atoms with Crippen LogP contribution in [0.1, 0.15) is 26.2 Å². The molecule has 478 valence electrons. The van der Waals surface area contributed by atoms with E-state index in [0.29, 0.717) is 13.0 Å². The van der Waals surface area contributed by atoms with Crippen LogP contribution in [0.25, 0.3) is 0 Å². The Bertz CT molecular complexity index is 1910. The molecule has 21 N–H and O–H groups in total. The van der Waals surface area contributed by atoms with E-state index >= 15 is 0 Å². The predicted octanol–water partition coefficient (Wildman–Crippen LogP) is -13.4. The molecule has 14 bridgehead atoms. The summed E-state index contributed by atoms with van der Waals surface area (Å²) in [6.07, 6.45) is -66.3. The van der Waals surface area contributed by atoms with Gasteiger partial charge < -0.3 is 174 Å². The molecular weight excluding hydrogens is 1120 g/mol. The first kappa shape index (κ1) is 66.6. The first-order valence-corrected chi connectivity index (χ1v) is 27.2. The molecule has 21 aliphatic heterocycles. The van der Waals surface area contributed by atoms with Crippen LogP contribution in [0.2, 0.25) is 0 Å². The van der Waals surface area contributed by atoms with E-state index in [0.717, 1.165) is 12.8 Å². The summed E-state index contributed by atoms with van der Waals surface area (Å²) in [4.78, 5) is 0. The van der Waals surface area contributed by atoms with Crippen LogP contribution < -0.4 is 5.32 Å². The first-order chi connectivity index (χ1) is 39.2. The van der Waals surface area contributed by atoms with Crippen molar-refractivity contribution in [2.45, 2.75) is 241 Å². The Kier molecular flexibility index (Phi) is 23.8. The van der Waals surface area contributed by atoms with Gasteiger partial charge in [0.2, 0.25) is 0 Å². The molecule has 21 saturated heterocycles. The molecule has 0 aromatic heterocycles. The van der Waals surface area contributed by atoms with Crippen molar-refractivity contribution >= 4 is 0 Å². The zero-order valence-corrected chi connectivity index (χ0v) is 44.1. The van der Waals surface area contributed by atoms with E-state index in [-0.39, 0.29) is 6.54 Å². The summed E-state index contributed by atoms with van der Waals surface area (Å²) < 4.78 is 81.2. The Morgan fingerprint density at radius 2 is 0.427 bits per heavy atom. The second-order valence-electron chi connectivity index (χ2n) is 21.4. The Labute approximate surface area is 467 Å². The maximum absolute atomic E-state index is 11.7. The van der Waals surface area contributed by atoms with E-state index in [1.54, 1.807) is 0 Å². The van der Waals surface area contributed by atoms with Gasteiger partial charge in [-0.1, -0.05) is 19.8 Å². The highest BCUT2D eigenvalue weighted by Gasteiger charge is 2.59. The molecule has 82 heavy (non-hydrogen) atoms. The van der Waals surface area contributed by atoms with Gasteiger partial charge in [0.05, 0.1) is 39.6 Å². The number of rotatable bonds is 12. The van der Waals surface area contributed by atoms with Crippen molar-refractivity contribution in [1.82, 2.24) is 5.32 Å².